The van der Waals surface area contributed by atoms with E-state index in [1.165, 1.54) is 68.7 Å². The fourth-order valence-electron chi connectivity index (χ4n) is 5.87. The number of carbonyl (C=O) groups excluding carboxylic acids is 2. The second-order valence-corrected chi connectivity index (χ2v) is 11.0. The number of amides is 1. The van der Waals surface area contributed by atoms with Crippen LogP contribution in [0.15, 0.2) is 60.7 Å². The van der Waals surface area contributed by atoms with Crippen LogP contribution < -0.4 is 14.2 Å². The van der Waals surface area contributed by atoms with Crippen molar-refractivity contribution in [1.82, 2.24) is 4.90 Å². The zero-order chi connectivity index (χ0) is 32.5. The fraction of sp³-hybridized carbons (Fsp3) is 0.394. The Morgan fingerprint density at radius 2 is 1.53 bits per heavy atom. The molecule has 12 nitrogen and oxygen atoms in total. The largest absolute Gasteiger partial charge is 0.497 e. The molecule has 1 aliphatic rings. The van der Waals surface area contributed by atoms with Gasteiger partial charge < -0.3 is 19.1 Å². The standard InChI is InChI=1S/C33H37N3O9/c1-43-26-14-15-28(36(41)42)27(21-26)33(38)34(18-17-23-9-16-30(44-2)31(20-23)45-3)32(24-10-12-25(13-11-24)35(39)40)29(37)19-22-7-5-4-6-8-22/h9-16,20-22,32H,4-8,17-19H2,1-3H3. The number of nitrogens with zero attached hydrogens (tertiary/aromatic N) is 3. The summed E-state index contributed by atoms with van der Waals surface area (Å²) in [5.74, 6) is 0.414. The van der Waals surface area contributed by atoms with Crippen molar-refractivity contribution in [1.29, 1.82) is 0 Å². The summed E-state index contributed by atoms with van der Waals surface area (Å²) in [5.41, 5.74) is 0.326. The molecule has 1 saturated carbocycles. The summed E-state index contributed by atoms with van der Waals surface area (Å²) < 4.78 is 16.0. The van der Waals surface area contributed by atoms with Gasteiger partial charge in [-0.05, 0) is 59.9 Å². The van der Waals surface area contributed by atoms with Crippen LogP contribution in [0.3, 0.4) is 0 Å². The summed E-state index contributed by atoms with van der Waals surface area (Å²) >= 11 is 0. The highest BCUT2D eigenvalue weighted by Crippen LogP contribution is 2.35. The van der Waals surface area contributed by atoms with E-state index in [1.54, 1.807) is 12.1 Å². The molecule has 0 spiro atoms. The van der Waals surface area contributed by atoms with Crippen LogP contribution in [0, 0.1) is 26.1 Å². The molecule has 1 atom stereocenters. The van der Waals surface area contributed by atoms with Crippen LogP contribution >= 0.6 is 0 Å². The highest BCUT2D eigenvalue weighted by atomic mass is 16.6. The first-order chi connectivity index (χ1) is 21.7. The van der Waals surface area contributed by atoms with Gasteiger partial charge in [-0.2, -0.15) is 0 Å². The second-order valence-electron chi connectivity index (χ2n) is 11.0. The summed E-state index contributed by atoms with van der Waals surface area (Å²) in [6.45, 7) is 0.000735. The number of carbonyl (C=O) groups is 2. The Labute approximate surface area is 261 Å². The van der Waals surface area contributed by atoms with Gasteiger partial charge >= 0.3 is 0 Å². The zero-order valence-electron chi connectivity index (χ0n) is 25.6. The molecule has 3 aromatic carbocycles. The van der Waals surface area contributed by atoms with Gasteiger partial charge in [-0.25, -0.2) is 0 Å². The van der Waals surface area contributed by atoms with Crippen LogP contribution in [-0.4, -0.2) is 54.3 Å². The average Bonchev–Trinajstić information content (AvgIpc) is 3.06. The number of Topliss-reactive ketones (excluding diaryl/α,β-unsaturated/α-hetero) is 1. The molecule has 0 radical (unpaired) electrons. The third kappa shape index (κ3) is 7.94. The molecule has 238 valence electrons. The normalized spacial score (nSPS) is 13.8. The molecule has 0 N–H and O–H groups in total. The van der Waals surface area contributed by atoms with Crippen LogP contribution in [0.2, 0.25) is 0 Å². The Morgan fingerprint density at radius 3 is 2.13 bits per heavy atom. The van der Waals surface area contributed by atoms with E-state index in [4.69, 9.17) is 14.2 Å². The van der Waals surface area contributed by atoms with Crippen molar-refractivity contribution in [3.63, 3.8) is 0 Å². The molecule has 0 aliphatic heterocycles. The molecule has 3 aromatic rings. The molecule has 12 heteroatoms. The van der Waals surface area contributed by atoms with E-state index in [1.807, 2.05) is 6.07 Å². The summed E-state index contributed by atoms with van der Waals surface area (Å²) in [7, 11) is 4.41. The predicted octanol–water partition coefficient (Wildman–Crippen LogP) is 6.49. The SMILES string of the molecule is COc1ccc([N+](=O)[O-])c(C(=O)N(CCc2ccc(OC)c(OC)c2)C(C(=O)CC2CCCCC2)c2ccc([N+](=O)[O-])cc2)c1. The second kappa shape index (κ2) is 15.1. The number of benzene rings is 3. The van der Waals surface area contributed by atoms with Crippen molar-refractivity contribution in [2.24, 2.45) is 5.92 Å². The number of nitro groups is 2. The van der Waals surface area contributed by atoms with E-state index >= 15 is 0 Å². The molecule has 1 amide bonds. The van der Waals surface area contributed by atoms with E-state index in [0.717, 1.165) is 37.7 Å². The first kappa shape index (κ1) is 32.9. The van der Waals surface area contributed by atoms with Crippen LogP contribution in [0.4, 0.5) is 11.4 Å². The van der Waals surface area contributed by atoms with Crippen molar-refractivity contribution >= 4 is 23.1 Å². The maximum Gasteiger partial charge on any atom is 0.282 e. The Hall–Kier alpha value is -5.00. The number of ketones is 1. The number of hydrogen-bond donors (Lipinski definition) is 0. The quantitative estimate of drug-likeness (QED) is 0.145. The molecular weight excluding hydrogens is 582 g/mol. The van der Waals surface area contributed by atoms with Gasteiger partial charge in [0.05, 0.1) is 31.2 Å². The topological polar surface area (TPSA) is 151 Å². The van der Waals surface area contributed by atoms with Gasteiger partial charge in [0.25, 0.3) is 17.3 Å². The van der Waals surface area contributed by atoms with E-state index in [0.29, 0.717) is 17.1 Å². The van der Waals surface area contributed by atoms with Crippen molar-refractivity contribution < 1.29 is 33.6 Å². The number of non-ortho nitro benzene ring substituents is 1. The molecule has 0 saturated heterocycles. The fourth-order valence-corrected chi connectivity index (χ4v) is 5.87. The van der Waals surface area contributed by atoms with Crippen molar-refractivity contribution in [2.45, 2.75) is 51.0 Å². The first-order valence-electron chi connectivity index (χ1n) is 14.8. The van der Waals surface area contributed by atoms with Gasteiger partial charge in [0.2, 0.25) is 0 Å². The van der Waals surface area contributed by atoms with Crippen LogP contribution in [0.25, 0.3) is 0 Å². The lowest BCUT2D eigenvalue weighted by Crippen LogP contribution is -2.41. The van der Waals surface area contributed by atoms with Crippen LogP contribution in [-0.2, 0) is 11.2 Å². The van der Waals surface area contributed by atoms with Gasteiger partial charge in [0.15, 0.2) is 17.3 Å². The molecular formula is C33H37N3O9. The maximum atomic E-state index is 14.4. The average molecular weight is 620 g/mol. The molecule has 45 heavy (non-hydrogen) atoms. The van der Waals surface area contributed by atoms with Gasteiger partial charge in [-0.3, -0.25) is 29.8 Å². The number of rotatable bonds is 14. The van der Waals surface area contributed by atoms with Crippen LogP contribution in [0.5, 0.6) is 17.2 Å². The van der Waals surface area contributed by atoms with Crippen molar-refractivity contribution in [3.8, 4) is 17.2 Å². The monoisotopic (exact) mass is 619 g/mol. The molecule has 0 aromatic heterocycles. The first-order valence-corrected chi connectivity index (χ1v) is 14.8. The molecule has 1 fully saturated rings. The van der Waals surface area contributed by atoms with Gasteiger partial charge in [0, 0.05) is 31.2 Å². The van der Waals surface area contributed by atoms with Gasteiger partial charge in [-0.1, -0.05) is 38.2 Å². The number of methoxy groups -OCH3 is 3. The summed E-state index contributed by atoms with van der Waals surface area (Å²) in [4.78, 5) is 52.2. The highest BCUT2D eigenvalue weighted by molar-refractivity contribution is 6.01. The van der Waals surface area contributed by atoms with Crippen molar-refractivity contribution in [2.75, 3.05) is 27.9 Å². The van der Waals surface area contributed by atoms with E-state index in [9.17, 15) is 29.8 Å². The molecule has 0 heterocycles. The summed E-state index contributed by atoms with van der Waals surface area (Å²) in [6, 6.07) is 13.6. The zero-order valence-corrected chi connectivity index (χ0v) is 25.6. The molecule has 4 rings (SSSR count). The summed E-state index contributed by atoms with van der Waals surface area (Å²) in [5, 5.41) is 23.4. The van der Waals surface area contributed by atoms with E-state index in [2.05, 4.69) is 0 Å². The molecule has 1 unspecified atom stereocenters. The van der Waals surface area contributed by atoms with E-state index < -0.39 is 27.5 Å². The Balaban J connectivity index is 1.82. The van der Waals surface area contributed by atoms with Gasteiger partial charge in [-0.15, -0.1) is 0 Å². The highest BCUT2D eigenvalue weighted by Gasteiger charge is 2.36. The lowest BCUT2D eigenvalue weighted by atomic mass is 9.83. The Kier molecular flexibility index (Phi) is 11.1. The van der Waals surface area contributed by atoms with Gasteiger partial charge in [0.1, 0.15) is 17.4 Å². The smallest absolute Gasteiger partial charge is 0.282 e. The third-order valence-electron chi connectivity index (χ3n) is 8.23. The predicted molar refractivity (Wildman–Crippen MR) is 166 cm³/mol. The lowest BCUT2D eigenvalue weighted by Gasteiger charge is -2.33. The summed E-state index contributed by atoms with van der Waals surface area (Å²) in [6.07, 6.45) is 5.38. The Morgan fingerprint density at radius 1 is 0.844 bits per heavy atom. The number of ether oxygens (including phenoxy) is 3. The minimum Gasteiger partial charge on any atom is -0.497 e. The van der Waals surface area contributed by atoms with Crippen LogP contribution in [0.1, 0.15) is 66.1 Å². The number of hydrogen-bond acceptors (Lipinski definition) is 9. The number of nitro benzene ring substituents is 2. The third-order valence-corrected chi connectivity index (χ3v) is 8.23. The Bertz CT molecular complexity index is 1530. The maximum absolute atomic E-state index is 14.4. The molecule has 0 bridgehead atoms. The van der Waals surface area contributed by atoms with E-state index in [-0.39, 0.29) is 48.1 Å². The molecule has 1 aliphatic carbocycles. The minimum atomic E-state index is -1.15. The van der Waals surface area contributed by atoms with Crippen molar-refractivity contribution in [3.05, 3.63) is 97.6 Å². The minimum absolute atomic E-state index is 0.000735. The lowest BCUT2D eigenvalue weighted by molar-refractivity contribution is -0.385.